The second-order valence-electron chi connectivity index (χ2n) is 5.46. The van der Waals surface area contributed by atoms with Crippen LogP contribution in [0.2, 0.25) is 0 Å². The van der Waals surface area contributed by atoms with E-state index in [1.165, 1.54) is 0 Å². The zero-order valence-corrected chi connectivity index (χ0v) is 11.1. The number of hydrogen-bond acceptors (Lipinski definition) is 2. The summed E-state index contributed by atoms with van der Waals surface area (Å²) in [4.78, 5) is 0. The van der Waals surface area contributed by atoms with E-state index in [9.17, 15) is 39.5 Å². The van der Waals surface area contributed by atoms with Crippen molar-refractivity contribution in [2.24, 2.45) is 0 Å². The van der Waals surface area contributed by atoms with Crippen LogP contribution in [-0.4, -0.2) is 34.9 Å². The summed E-state index contributed by atoms with van der Waals surface area (Å²) >= 11 is 0. The van der Waals surface area contributed by atoms with Crippen LogP contribution in [0.4, 0.5) is 39.5 Å². The third-order valence-corrected chi connectivity index (χ3v) is 3.62. The van der Waals surface area contributed by atoms with Gasteiger partial charge in [-0.15, -0.1) is 0 Å². The molecular formula is C11H14F9NO. The summed E-state index contributed by atoms with van der Waals surface area (Å²) in [6, 6.07) is 0. The molecule has 0 spiro atoms. The maximum Gasteiger partial charge on any atom is 0.440 e. The highest BCUT2D eigenvalue weighted by molar-refractivity contribution is 5.02. The van der Waals surface area contributed by atoms with E-state index in [2.05, 4.69) is 0 Å². The topological polar surface area (TPSA) is 32.3 Å². The van der Waals surface area contributed by atoms with E-state index in [1.807, 2.05) is 0 Å². The molecule has 22 heavy (non-hydrogen) atoms. The SMILES string of the molecule is OC(NC1(CC(F)(F)F)CCCCC1)(C(F)(F)F)C(F)(F)F. The first kappa shape index (κ1) is 19.3. The smallest absolute Gasteiger partial charge is 0.361 e. The fourth-order valence-electron chi connectivity index (χ4n) is 2.64. The van der Waals surface area contributed by atoms with E-state index >= 15 is 0 Å². The molecule has 0 aromatic rings. The Kier molecular flexibility index (Phi) is 5.04. The van der Waals surface area contributed by atoms with Crippen molar-refractivity contribution in [2.75, 3.05) is 0 Å². The van der Waals surface area contributed by atoms with Gasteiger partial charge < -0.3 is 5.11 Å². The predicted octanol–water partition coefficient (Wildman–Crippen LogP) is 4.04. The third-order valence-electron chi connectivity index (χ3n) is 3.62. The molecule has 0 amide bonds. The van der Waals surface area contributed by atoms with Gasteiger partial charge in [0.15, 0.2) is 0 Å². The monoisotopic (exact) mass is 347 g/mol. The second-order valence-corrected chi connectivity index (χ2v) is 5.46. The van der Waals surface area contributed by atoms with Gasteiger partial charge in [-0.2, -0.15) is 39.5 Å². The fraction of sp³-hybridized carbons (Fsp3) is 1.00. The Morgan fingerprint density at radius 2 is 1.18 bits per heavy atom. The minimum absolute atomic E-state index is 0.0366. The van der Waals surface area contributed by atoms with Crippen LogP contribution < -0.4 is 5.32 Å². The van der Waals surface area contributed by atoms with Crippen molar-refractivity contribution in [3.8, 4) is 0 Å². The van der Waals surface area contributed by atoms with E-state index in [0.717, 1.165) is 5.32 Å². The van der Waals surface area contributed by atoms with Crippen LogP contribution in [0.1, 0.15) is 38.5 Å². The van der Waals surface area contributed by atoms with Crippen LogP contribution in [0.25, 0.3) is 0 Å². The van der Waals surface area contributed by atoms with E-state index in [1.54, 1.807) is 0 Å². The number of aliphatic hydroxyl groups is 1. The molecule has 1 aliphatic carbocycles. The minimum atomic E-state index is -6.21. The van der Waals surface area contributed by atoms with E-state index in [0.29, 0.717) is 6.42 Å². The summed E-state index contributed by atoms with van der Waals surface area (Å²) in [5.41, 5.74) is -7.89. The molecule has 0 unspecified atom stereocenters. The van der Waals surface area contributed by atoms with Crippen LogP contribution in [0, 0.1) is 0 Å². The Bertz CT molecular complexity index is 364. The molecule has 0 aliphatic heterocycles. The molecule has 0 radical (unpaired) electrons. The molecule has 11 heteroatoms. The van der Waals surface area contributed by atoms with Gasteiger partial charge in [-0.05, 0) is 12.8 Å². The van der Waals surface area contributed by atoms with Gasteiger partial charge in [0.05, 0.1) is 6.42 Å². The van der Waals surface area contributed by atoms with Crippen molar-refractivity contribution in [1.29, 1.82) is 0 Å². The van der Waals surface area contributed by atoms with Crippen LogP contribution in [0.3, 0.4) is 0 Å². The molecule has 1 fully saturated rings. The van der Waals surface area contributed by atoms with Gasteiger partial charge in [-0.1, -0.05) is 19.3 Å². The molecular weight excluding hydrogens is 333 g/mol. The Hall–Kier alpha value is -0.710. The predicted molar refractivity (Wildman–Crippen MR) is 56.7 cm³/mol. The summed E-state index contributed by atoms with van der Waals surface area (Å²) < 4.78 is 114. The van der Waals surface area contributed by atoms with Gasteiger partial charge in [-0.3, -0.25) is 5.32 Å². The van der Waals surface area contributed by atoms with Crippen molar-refractivity contribution >= 4 is 0 Å². The first-order chi connectivity index (χ1) is 9.62. The molecule has 0 bridgehead atoms. The van der Waals surface area contributed by atoms with Gasteiger partial charge in [0.2, 0.25) is 0 Å². The molecule has 1 saturated carbocycles. The lowest BCUT2D eigenvalue weighted by Crippen LogP contribution is -2.72. The molecule has 132 valence electrons. The summed E-state index contributed by atoms with van der Waals surface area (Å²) in [5, 5.41) is 9.94. The zero-order valence-electron chi connectivity index (χ0n) is 11.1. The van der Waals surface area contributed by atoms with Crippen molar-refractivity contribution in [3.05, 3.63) is 0 Å². The van der Waals surface area contributed by atoms with Crippen molar-refractivity contribution in [1.82, 2.24) is 5.32 Å². The average Bonchev–Trinajstić information content (AvgIpc) is 2.24. The summed E-state index contributed by atoms with van der Waals surface area (Å²) in [6.45, 7) is 0. The molecule has 0 atom stereocenters. The highest BCUT2D eigenvalue weighted by Crippen LogP contribution is 2.46. The standard InChI is InChI=1S/C11H14F9NO/c12-8(13,14)6-7(4-2-1-3-5-7)21-9(22,10(15,16)17)11(18,19)20/h21-22H,1-6H2. The van der Waals surface area contributed by atoms with Crippen LogP contribution in [0.15, 0.2) is 0 Å². The maximum atomic E-state index is 12.6. The van der Waals surface area contributed by atoms with Crippen molar-refractivity contribution < 1.29 is 44.6 Å². The van der Waals surface area contributed by atoms with Gasteiger partial charge in [0, 0.05) is 5.54 Å². The lowest BCUT2D eigenvalue weighted by atomic mass is 9.78. The van der Waals surface area contributed by atoms with Crippen molar-refractivity contribution in [3.63, 3.8) is 0 Å². The Balaban J connectivity index is 3.20. The van der Waals surface area contributed by atoms with Crippen LogP contribution >= 0.6 is 0 Å². The number of halogens is 9. The first-order valence-corrected chi connectivity index (χ1v) is 6.34. The first-order valence-electron chi connectivity index (χ1n) is 6.34. The molecule has 1 rings (SSSR count). The number of alkyl halides is 9. The van der Waals surface area contributed by atoms with Gasteiger partial charge in [0.25, 0.3) is 0 Å². The van der Waals surface area contributed by atoms with Gasteiger partial charge in [-0.25, -0.2) is 0 Å². The molecule has 2 nitrogen and oxygen atoms in total. The Morgan fingerprint density at radius 1 is 0.773 bits per heavy atom. The highest BCUT2D eigenvalue weighted by atomic mass is 19.4. The van der Waals surface area contributed by atoms with Gasteiger partial charge >= 0.3 is 24.3 Å². The molecule has 0 saturated heterocycles. The largest absolute Gasteiger partial charge is 0.440 e. The molecule has 1 aliphatic rings. The zero-order chi connectivity index (χ0) is 17.4. The number of nitrogens with one attached hydrogen (secondary N) is 1. The van der Waals surface area contributed by atoms with E-state index < -0.39 is 49.1 Å². The molecule has 0 aromatic heterocycles. The Labute approximate surface area is 119 Å². The number of hydrogen-bond donors (Lipinski definition) is 2. The highest BCUT2D eigenvalue weighted by Gasteiger charge is 2.72. The summed E-state index contributed by atoms with van der Waals surface area (Å²) in [7, 11) is 0. The quantitative estimate of drug-likeness (QED) is 0.597. The Morgan fingerprint density at radius 3 is 1.50 bits per heavy atom. The van der Waals surface area contributed by atoms with Crippen molar-refractivity contribution in [2.45, 2.75) is 68.3 Å². The van der Waals surface area contributed by atoms with E-state index in [4.69, 9.17) is 5.11 Å². The van der Waals surface area contributed by atoms with E-state index in [-0.39, 0.29) is 12.8 Å². The maximum absolute atomic E-state index is 12.6. The van der Waals surface area contributed by atoms with Crippen LogP contribution in [0.5, 0.6) is 0 Å². The molecule has 0 heterocycles. The number of rotatable bonds is 3. The third kappa shape index (κ3) is 4.18. The normalized spacial score (nSPS) is 21.0. The van der Waals surface area contributed by atoms with Gasteiger partial charge in [0.1, 0.15) is 0 Å². The fourth-order valence-corrected chi connectivity index (χ4v) is 2.64. The van der Waals surface area contributed by atoms with Crippen LogP contribution in [-0.2, 0) is 0 Å². The molecule has 0 aromatic carbocycles. The minimum Gasteiger partial charge on any atom is -0.361 e. The summed E-state index contributed by atoms with van der Waals surface area (Å²) in [5.74, 6) is 0. The lowest BCUT2D eigenvalue weighted by molar-refractivity contribution is -0.387. The average molecular weight is 347 g/mol. The second kappa shape index (κ2) is 5.73. The molecule has 2 N–H and O–H groups in total. The summed E-state index contributed by atoms with van der Waals surface area (Å²) in [6.07, 6.45) is -19.9. The lowest BCUT2D eigenvalue weighted by Gasteiger charge is -2.45.